The first kappa shape index (κ1) is 10.2. The maximum Gasteiger partial charge on any atom is 0.0380 e. The molecule has 0 bridgehead atoms. The van der Waals surface area contributed by atoms with Crippen molar-refractivity contribution in [2.45, 2.75) is 25.6 Å². The predicted octanol–water partition coefficient (Wildman–Crippen LogP) is 4.67. The Morgan fingerprint density at radius 3 is 2.79 bits per heavy atom. The summed E-state index contributed by atoms with van der Waals surface area (Å²) >= 11 is 5.47. The van der Waals surface area contributed by atoms with Crippen molar-refractivity contribution in [2.24, 2.45) is 0 Å². The van der Waals surface area contributed by atoms with E-state index in [1.54, 1.807) is 0 Å². The van der Waals surface area contributed by atoms with Gasteiger partial charge in [0, 0.05) is 14.9 Å². The molecule has 0 spiro atoms. The number of benzene rings is 1. The molecule has 0 fully saturated rings. The summed E-state index contributed by atoms with van der Waals surface area (Å²) in [5.74, 6) is 0. The standard InChI is InChI=1S/C12H13BrS/c1-3-9-10-6-8(2)4-5-11(10)14-12(9)7-13/h4-6H,3,7H2,1-2H3. The molecule has 1 heterocycles. The van der Waals surface area contributed by atoms with Crippen LogP contribution in [-0.2, 0) is 11.8 Å². The van der Waals surface area contributed by atoms with Gasteiger partial charge in [-0.15, -0.1) is 11.3 Å². The fourth-order valence-electron chi connectivity index (χ4n) is 1.81. The van der Waals surface area contributed by atoms with Gasteiger partial charge in [0.05, 0.1) is 0 Å². The van der Waals surface area contributed by atoms with Crippen LogP contribution in [0.3, 0.4) is 0 Å². The number of alkyl halides is 1. The summed E-state index contributed by atoms with van der Waals surface area (Å²) in [5, 5.41) is 2.43. The number of rotatable bonds is 2. The molecule has 0 radical (unpaired) electrons. The second kappa shape index (κ2) is 4.03. The smallest absolute Gasteiger partial charge is 0.0380 e. The fraction of sp³-hybridized carbons (Fsp3) is 0.333. The molecule has 0 nitrogen and oxygen atoms in total. The Bertz CT molecular complexity index is 457. The number of thiophene rings is 1. The molecule has 2 rings (SSSR count). The van der Waals surface area contributed by atoms with Crippen molar-refractivity contribution >= 4 is 37.4 Å². The van der Waals surface area contributed by atoms with Gasteiger partial charge in [-0.2, -0.15) is 0 Å². The van der Waals surface area contributed by atoms with Crippen molar-refractivity contribution in [2.75, 3.05) is 0 Å². The van der Waals surface area contributed by atoms with Crippen molar-refractivity contribution in [1.82, 2.24) is 0 Å². The second-order valence-corrected chi connectivity index (χ2v) is 5.19. The quantitative estimate of drug-likeness (QED) is 0.695. The van der Waals surface area contributed by atoms with Crippen LogP contribution < -0.4 is 0 Å². The normalized spacial score (nSPS) is 11.1. The van der Waals surface area contributed by atoms with Gasteiger partial charge in [-0.1, -0.05) is 40.5 Å². The first-order valence-corrected chi connectivity index (χ1v) is 6.77. The van der Waals surface area contributed by atoms with Gasteiger partial charge in [0.1, 0.15) is 0 Å². The average Bonchev–Trinajstić information content (AvgIpc) is 2.54. The van der Waals surface area contributed by atoms with Crippen LogP contribution in [-0.4, -0.2) is 0 Å². The van der Waals surface area contributed by atoms with Crippen molar-refractivity contribution in [3.8, 4) is 0 Å². The molecule has 0 aliphatic heterocycles. The highest BCUT2D eigenvalue weighted by Gasteiger charge is 2.09. The molecule has 0 aliphatic carbocycles. The third-order valence-electron chi connectivity index (χ3n) is 2.50. The molecule has 0 N–H and O–H groups in total. The van der Waals surface area contributed by atoms with Crippen molar-refractivity contribution < 1.29 is 0 Å². The number of hydrogen-bond donors (Lipinski definition) is 0. The van der Waals surface area contributed by atoms with Gasteiger partial charge >= 0.3 is 0 Å². The van der Waals surface area contributed by atoms with Gasteiger partial charge < -0.3 is 0 Å². The molecule has 0 aliphatic rings. The fourth-order valence-corrected chi connectivity index (χ4v) is 3.62. The summed E-state index contributed by atoms with van der Waals surface area (Å²) in [5.41, 5.74) is 2.87. The topological polar surface area (TPSA) is 0 Å². The van der Waals surface area contributed by atoms with Gasteiger partial charge in [-0.25, -0.2) is 0 Å². The van der Waals surface area contributed by atoms with E-state index in [0.717, 1.165) is 11.8 Å². The monoisotopic (exact) mass is 268 g/mol. The van der Waals surface area contributed by atoms with Crippen LogP contribution >= 0.6 is 27.3 Å². The van der Waals surface area contributed by atoms with Gasteiger partial charge in [0.2, 0.25) is 0 Å². The van der Waals surface area contributed by atoms with Gasteiger partial charge in [-0.3, -0.25) is 0 Å². The van der Waals surface area contributed by atoms with Crippen LogP contribution in [0.1, 0.15) is 22.9 Å². The van der Waals surface area contributed by atoms with E-state index in [9.17, 15) is 0 Å². The lowest BCUT2D eigenvalue weighted by Crippen LogP contribution is -1.82. The molecule has 0 unspecified atom stereocenters. The zero-order chi connectivity index (χ0) is 10.1. The Morgan fingerprint density at radius 1 is 1.36 bits per heavy atom. The van der Waals surface area contributed by atoms with E-state index in [0.29, 0.717) is 0 Å². The Kier molecular flexibility index (Phi) is 2.93. The molecular formula is C12H13BrS. The third-order valence-corrected chi connectivity index (χ3v) is 4.65. The molecule has 0 saturated carbocycles. The van der Waals surface area contributed by atoms with E-state index < -0.39 is 0 Å². The van der Waals surface area contributed by atoms with Gasteiger partial charge in [0.25, 0.3) is 0 Å². The first-order valence-electron chi connectivity index (χ1n) is 4.83. The number of fused-ring (bicyclic) bond motifs is 1. The van der Waals surface area contributed by atoms with Crippen molar-refractivity contribution in [3.05, 3.63) is 34.2 Å². The summed E-state index contributed by atoms with van der Waals surface area (Å²) in [4.78, 5) is 1.48. The SMILES string of the molecule is CCc1c(CBr)sc2ccc(C)cc12. The second-order valence-electron chi connectivity index (χ2n) is 3.49. The molecule has 2 heteroatoms. The minimum absolute atomic E-state index is 0.981. The van der Waals surface area contributed by atoms with E-state index in [1.807, 2.05) is 11.3 Å². The van der Waals surface area contributed by atoms with Crippen LogP contribution in [0.25, 0.3) is 10.1 Å². The minimum Gasteiger partial charge on any atom is -0.139 e. The first-order chi connectivity index (χ1) is 6.76. The van der Waals surface area contributed by atoms with Crippen molar-refractivity contribution in [3.63, 3.8) is 0 Å². The zero-order valence-electron chi connectivity index (χ0n) is 8.43. The molecule has 14 heavy (non-hydrogen) atoms. The highest BCUT2D eigenvalue weighted by atomic mass is 79.9. The molecule has 74 valence electrons. The Labute approximate surface area is 97.1 Å². The molecule has 0 saturated heterocycles. The molecule has 0 amide bonds. The number of hydrogen-bond acceptors (Lipinski definition) is 1. The molecular weight excluding hydrogens is 256 g/mol. The molecule has 2 aromatic rings. The lowest BCUT2D eigenvalue weighted by molar-refractivity contribution is 1.14. The van der Waals surface area contributed by atoms with Crippen LogP contribution in [0.2, 0.25) is 0 Å². The number of aryl methyl sites for hydroxylation is 2. The van der Waals surface area contributed by atoms with Crippen LogP contribution in [0, 0.1) is 6.92 Å². The number of halogens is 1. The van der Waals surface area contributed by atoms with E-state index in [-0.39, 0.29) is 0 Å². The maximum absolute atomic E-state index is 3.56. The van der Waals surface area contributed by atoms with Crippen LogP contribution in [0.15, 0.2) is 18.2 Å². The predicted molar refractivity (Wildman–Crippen MR) is 68.6 cm³/mol. The third kappa shape index (κ3) is 1.61. The molecule has 1 aromatic heterocycles. The van der Waals surface area contributed by atoms with Crippen LogP contribution in [0.4, 0.5) is 0 Å². The average molecular weight is 269 g/mol. The van der Waals surface area contributed by atoms with Gasteiger partial charge in [0.15, 0.2) is 0 Å². The largest absolute Gasteiger partial charge is 0.139 e. The highest BCUT2D eigenvalue weighted by molar-refractivity contribution is 9.08. The lowest BCUT2D eigenvalue weighted by Gasteiger charge is -1.98. The summed E-state index contributed by atoms with van der Waals surface area (Å²) in [7, 11) is 0. The summed E-state index contributed by atoms with van der Waals surface area (Å²) in [6.07, 6.45) is 1.13. The Hall–Kier alpha value is -0.340. The van der Waals surface area contributed by atoms with E-state index in [2.05, 4.69) is 48.0 Å². The summed E-state index contributed by atoms with van der Waals surface area (Å²) in [6.45, 7) is 4.39. The van der Waals surface area contributed by atoms with Crippen molar-refractivity contribution in [1.29, 1.82) is 0 Å². The minimum atomic E-state index is 0.981. The summed E-state index contributed by atoms with van der Waals surface area (Å²) in [6, 6.07) is 6.73. The highest BCUT2D eigenvalue weighted by Crippen LogP contribution is 2.33. The van der Waals surface area contributed by atoms with E-state index >= 15 is 0 Å². The lowest BCUT2D eigenvalue weighted by atomic mass is 10.1. The van der Waals surface area contributed by atoms with E-state index in [1.165, 1.54) is 26.1 Å². The summed E-state index contributed by atoms with van der Waals surface area (Å²) < 4.78 is 1.42. The molecule has 1 aromatic carbocycles. The van der Waals surface area contributed by atoms with Gasteiger partial charge in [-0.05, 0) is 30.4 Å². The van der Waals surface area contributed by atoms with Crippen LogP contribution in [0.5, 0.6) is 0 Å². The Balaban J connectivity index is 2.74. The molecule has 0 atom stereocenters. The zero-order valence-corrected chi connectivity index (χ0v) is 10.8. The van der Waals surface area contributed by atoms with E-state index in [4.69, 9.17) is 0 Å². The maximum atomic E-state index is 3.56. The Morgan fingerprint density at radius 2 is 2.14 bits per heavy atom.